The molecular weight excluding hydrogens is 608 g/mol. The number of alkyl carbamates (subject to hydrolysis) is 1. The summed E-state index contributed by atoms with van der Waals surface area (Å²) in [7, 11) is 1.61. The Morgan fingerprint density at radius 3 is 2.62 bits per heavy atom. The number of nitrogens with zero attached hydrogens (tertiary/aromatic N) is 2. The second-order valence-electron chi connectivity index (χ2n) is 15.3. The first-order valence-electron chi connectivity index (χ1n) is 18.7. The summed E-state index contributed by atoms with van der Waals surface area (Å²) in [5, 5.41) is 16.9. The van der Waals surface area contributed by atoms with Gasteiger partial charge in [0.05, 0.1) is 24.5 Å². The zero-order chi connectivity index (χ0) is 33.8. The van der Waals surface area contributed by atoms with E-state index in [-0.39, 0.29) is 35.7 Å². The first kappa shape index (κ1) is 34.6. The summed E-state index contributed by atoms with van der Waals surface area (Å²) in [5.41, 5.74) is 1.58. The van der Waals surface area contributed by atoms with Crippen LogP contribution in [0.5, 0.6) is 5.75 Å². The minimum Gasteiger partial charge on any atom is -0.497 e. The fourth-order valence-corrected chi connectivity index (χ4v) is 9.23. The van der Waals surface area contributed by atoms with Crippen LogP contribution in [-0.4, -0.2) is 71.6 Å². The van der Waals surface area contributed by atoms with Crippen LogP contribution in [0.2, 0.25) is 0 Å². The molecule has 3 saturated carbocycles. The topological polar surface area (TPSA) is 130 Å². The summed E-state index contributed by atoms with van der Waals surface area (Å²) < 4.78 is 11.4. The fraction of sp³-hybridized carbons (Fsp3) is 0.737. The number of fused-ring (bicyclic) bond motifs is 2. The van der Waals surface area contributed by atoms with Gasteiger partial charge in [-0.1, -0.05) is 58.3 Å². The lowest BCUT2D eigenvalue weighted by Gasteiger charge is -2.31. The van der Waals surface area contributed by atoms with Gasteiger partial charge < -0.3 is 30.1 Å². The van der Waals surface area contributed by atoms with Crippen molar-refractivity contribution >= 4 is 35.1 Å². The molecule has 5 unspecified atom stereocenters. The number of anilines is 1. The number of aliphatic hydroxyl groups excluding tert-OH is 1. The lowest BCUT2D eigenvalue weighted by atomic mass is 9.85. The lowest BCUT2D eigenvalue weighted by molar-refractivity contribution is -0.139. The van der Waals surface area contributed by atoms with E-state index in [1.54, 1.807) is 18.9 Å². The summed E-state index contributed by atoms with van der Waals surface area (Å²) in [6, 6.07) is 4.36. The molecule has 1 aromatic rings. The number of likely N-dealkylation sites (tertiary alicyclic amines) is 1. The maximum Gasteiger partial charge on any atom is 0.408 e. The average Bonchev–Trinajstić information content (AvgIpc) is 3.60. The second-order valence-corrected chi connectivity index (χ2v) is 15.3. The number of hydrogen-bond acceptors (Lipinski definition) is 7. The quantitative estimate of drug-likeness (QED) is 0.178. The smallest absolute Gasteiger partial charge is 0.408 e. The van der Waals surface area contributed by atoms with Crippen molar-refractivity contribution in [2.45, 2.75) is 134 Å². The molecule has 4 fully saturated rings. The van der Waals surface area contributed by atoms with Crippen molar-refractivity contribution in [3.8, 4) is 5.75 Å². The number of unbranched alkanes of at least 4 members (excludes halogenated alkanes) is 2. The van der Waals surface area contributed by atoms with Gasteiger partial charge in [-0.2, -0.15) is 0 Å². The van der Waals surface area contributed by atoms with E-state index in [1.165, 1.54) is 38.5 Å². The molecule has 0 spiro atoms. The Bertz CT molecular complexity index is 1340. The Hall–Kier alpha value is -3.30. The Morgan fingerprint density at radius 2 is 1.85 bits per heavy atom. The third kappa shape index (κ3) is 8.11. The maximum atomic E-state index is 13.9. The van der Waals surface area contributed by atoms with Crippen LogP contribution in [0, 0.1) is 29.6 Å². The molecule has 2 heterocycles. The third-order valence-electron chi connectivity index (χ3n) is 12.0. The number of aliphatic imine (C=N–C) groups is 1. The van der Waals surface area contributed by atoms with Gasteiger partial charge in [0.2, 0.25) is 11.8 Å². The molecule has 3 N–H and O–H groups in total. The number of carbonyl (C=O) groups is 3. The number of nitrogens with one attached hydrogen (secondary N) is 2. The Morgan fingerprint density at radius 1 is 1.06 bits per heavy atom. The van der Waals surface area contributed by atoms with Gasteiger partial charge in [-0.25, -0.2) is 9.79 Å². The Labute approximate surface area is 285 Å². The minimum absolute atomic E-state index is 0.0151. The molecule has 2 aliphatic heterocycles. The van der Waals surface area contributed by atoms with Crippen molar-refractivity contribution in [3.05, 3.63) is 18.2 Å². The summed E-state index contributed by atoms with van der Waals surface area (Å²) in [4.78, 5) is 45.9. The number of ether oxygens (including phenoxy) is 2. The highest BCUT2D eigenvalue weighted by molar-refractivity contribution is 5.92. The van der Waals surface area contributed by atoms with Crippen LogP contribution in [0.15, 0.2) is 23.2 Å². The molecule has 5 aliphatic rings. The van der Waals surface area contributed by atoms with Crippen LogP contribution in [0.1, 0.15) is 110 Å². The van der Waals surface area contributed by atoms with Crippen LogP contribution in [-0.2, 0) is 14.3 Å². The molecular formula is C38H56N4O6. The predicted octanol–water partition coefficient (Wildman–Crippen LogP) is 7.33. The fourth-order valence-electron chi connectivity index (χ4n) is 9.23. The number of carbonyl (C=O) groups excluding carboxylic acids is 3. The molecule has 0 aromatic heterocycles. The zero-order valence-corrected chi connectivity index (χ0v) is 29.1. The molecule has 1 aromatic carbocycles. The van der Waals surface area contributed by atoms with Crippen molar-refractivity contribution in [2.75, 3.05) is 19.0 Å². The Kier molecular flexibility index (Phi) is 11.2. The van der Waals surface area contributed by atoms with Gasteiger partial charge >= 0.3 is 6.09 Å². The van der Waals surface area contributed by atoms with Crippen LogP contribution in [0.25, 0.3) is 0 Å². The van der Waals surface area contributed by atoms with Gasteiger partial charge in [0.25, 0.3) is 0 Å². The average molecular weight is 665 g/mol. The molecule has 6 rings (SSSR count). The molecule has 8 atom stereocenters. The van der Waals surface area contributed by atoms with Crippen molar-refractivity contribution in [2.24, 2.45) is 34.6 Å². The molecule has 0 radical (unpaired) electrons. The van der Waals surface area contributed by atoms with E-state index in [1.807, 2.05) is 25.1 Å². The van der Waals surface area contributed by atoms with Crippen LogP contribution in [0.3, 0.4) is 0 Å². The number of amides is 2. The highest BCUT2D eigenvalue weighted by Gasteiger charge is 2.54. The van der Waals surface area contributed by atoms with Crippen molar-refractivity contribution < 1.29 is 29.0 Å². The van der Waals surface area contributed by atoms with Gasteiger partial charge in [-0.05, 0) is 93.6 Å². The monoisotopic (exact) mass is 664 g/mol. The number of rotatable bonds is 14. The number of ketones is 1. The molecule has 264 valence electrons. The molecule has 10 nitrogen and oxygen atoms in total. The maximum absolute atomic E-state index is 13.9. The van der Waals surface area contributed by atoms with E-state index < -0.39 is 18.2 Å². The normalized spacial score (nSPS) is 30.0. The van der Waals surface area contributed by atoms with E-state index in [0.29, 0.717) is 48.1 Å². The number of methoxy groups -OCH3 is 1. The first-order chi connectivity index (χ1) is 23.2. The SMILES string of the molecule is COc1ccc2c(c1)N=C(O)C(CCCCC[C@H]1C(OC(=O)NC(CCC3CCCCC3)C(=O)N3CC[C@@H](C)[C@H]3C(C)=O)CC3CC31)N2. The highest BCUT2D eigenvalue weighted by atomic mass is 16.6. The summed E-state index contributed by atoms with van der Waals surface area (Å²) in [6.07, 6.45) is 14.7. The summed E-state index contributed by atoms with van der Waals surface area (Å²) in [5.74, 6) is 3.02. The number of benzene rings is 1. The molecule has 10 heteroatoms. The minimum atomic E-state index is -0.664. The Balaban J connectivity index is 0.987. The van der Waals surface area contributed by atoms with E-state index in [4.69, 9.17) is 9.47 Å². The predicted molar refractivity (Wildman–Crippen MR) is 186 cm³/mol. The van der Waals surface area contributed by atoms with E-state index in [9.17, 15) is 19.5 Å². The van der Waals surface area contributed by atoms with E-state index in [0.717, 1.165) is 57.1 Å². The highest BCUT2D eigenvalue weighted by Crippen LogP contribution is 2.57. The van der Waals surface area contributed by atoms with Gasteiger partial charge in [0.1, 0.15) is 23.9 Å². The van der Waals surface area contributed by atoms with Crippen LogP contribution in [0.4, 0.5) is 16.2 Å². The number of hydrogen-bond donors (Lipinski definition) is 3. The van der Waals surface area contributed by atoms with E-state index >= 15 is 0 Å². The second kappa shape index (κ2) is 15.5. The molecule has 1 saturated heterocycles. The number of Topliss-reactive ketones (excluding diaryl/α,β-unsaturated/α-hetero) is 1. The zero-order valence-electron chi connectivity index (χ0n) is 29.1. The number of aliphatic hydroxyl groups is 1. The molecule has 48 heavy (non-hydrogen) atoms. The van der Waals surface area contributed by atoms with Crippen LogP contribution < -0.4 is 15.4 Å². The van der Waals surface area contributed by atoms with Crippen molar-refractivity contribution in [1.29, 1.82) is 0 Å². The van der Waals surface area contributed by atoms with Crippen LogP contribution >= 0.6 is 0 Å². The van der Waals surface area contributed by atoms with Crippen molar-refractivity contribution in [3.63, 3.8) is 0 Å². The lowest BCUT2D eigenvalue weighted by Crippen LogP contribution is -2.52. The van der Waals surface area contributed by atoms with Gasteiger partial charge in [0, 0.05) is 12.6 Å². The molecule has 0 bridgehead atoms. The largest absolute Gasteiger partial charge is 0.497 e. The van der Waals surface area contributed by atoms with Crippen molar-refractivity contribution in [1.82, 2.24) is 10.2 Å². The summed E-state index contributed by atoms with van der Waals surface area (Å²) >= 11 is 0. The van der Waals surface area contributed by atoms with Gasteiger partial charge in [-0.15, -0.1) is 0 Å². The third-order valence-corrected chi connectivity index (χ3v) is 12.0. The van der Waals surface area contributed by atoms with Gasteiger partial charge in [-0.3, -0.25) is 9.59 Å². The molecule has 3 aliphatic carbocycles. The first-order valence-corrected chi connectivity index (χ1v) is 18.7. The summed E-state index contributed by atoms with van der Waals surface area (Å²) in [6.45, 7) is 4.16. The standard InChI is InChI=1S/C38H56N4O6/c1-23-18-19-42(35(23)24(2)43)37(45)32(16-14-25-10-6-4-7-11-25)41-38(46)48-34-21-26-20-29(26)28(34)12-8-5-9-13-31-36(44)40-33-22-27(47-3)15-17-30(33)39-31/h15,17,22-23,25-26,28-29,31-32,34-35,39H,4-14,16,18-21H2,1-3H3,(H,40,44)(H,41,46)/t23-,26?,28-,29?,31?,32?,34?,35+/m1/s1. The van der Waals surface area contributed by atoms with Gasteiger partial charge in [0.15, 0.2) is 5.78 Å². The van der Waals surface area contributed by atoms with E-state index in [2.05, 4.69) is 15.6 Å². The molecule has 2 amide bonds.